The van der Waals surface area contributed by atoms with Crippen LogP contribution in [0.15, 0.2) is 20.8 Å². The third-order valence-corrected chi connectivity index (χ3v) is 4.91. The average Bonchev–Trinajstić information content (AvgIpc) is 2.99. The van der Waals surface area contributed by atoms with E-state index in [1.807, 2.05) is 6.08 Å². The van der Waals surface area contributed by atoms with E-state index in [4.69, 9.17) is 20.3 Å². The summed E-state index contributed by atoms with van der Waals surface area (Å²) in [5.41, 5.74) is 5.68. The molecule has 2 aromatic heterocycles. The Morgan fingerprint density at radius 3 is 3.00 bits per heavy atom. The Bertz CT molecular complexity index is 887. The van der Waals surface area contributed by atoms with Crippen LogP contribution < -0.4 is 11.3 Å². The van der Waals surface area contributed by atoms with Crippen LogP contribution in [0.25, 0.3) is 11.2 Å². The van der Waals surface area contributed by atoms with Gasteiger partial charge in [-0.15, -0.1) is 0 Å². The quantitative estimate of drug-likeness (QED) is 0.385. The number of nitrogen functional groups attached to an aromatic ring is 1. The smallest absolute Gasteiger partial charge is 0.351 e. The van der Waals surface area contributed by atoms with Gasteiger partial charge in [0.25, 0.3) is 5.56 Å². The number of fused-ring (bicyclic) bond motifs is 1. The maximum Gasteiger partial charge on any atom is 0.351 e. The summed E-state index contributed by atoms with van der Waals surface area (Å²) in [4.78, 5) is 40.1. The van der Waals surface area contributed by atoms with Crippen LogP contribution in [0.2, 0.25) is 0 Å². The molecular formula is C11H13IN5O5P. The number of imidazole rings is 1. The number of nitrogens with one attached hydrogen (secondary N) is 1. The molecule has 3 rings (SSSR count). The second kappa shape index (κ2) is 5.98. The highest BCUT2D eigenvalue weighted by Gasteiger charge is 2.30. The number of ether oxygens (including phenoxy) is 1. The van der Waals surface area contributed by atoms with Gasteiger partial charge in [0.05, 0.1) is 18.5 Å². The fourth-order valence-corrected chi connectivity index (χ4v) is 3.63. The molecule has 0 aromatic carbocycles. The predicted octanol–water partition coefficient (Wildman–Crippen LogP) is 0.486. The number of allylic oxidation sites excluding steroid dienone is 1. The van der Waals surface area contributed by atoms with E-state index < -0.39 is 25.6 Å². The van der Waals surface area contributed by atoms with Crippen molar-refractivity contribution in [1.82, 2.24) is 19.5 Å². The first-order valence-electron chi connectivity index (χ1n) is 6.50. The van der Waals surface area contributed by atoms with Crippen molar-refractivity contribution in [3.05, 3.63) is 26.3 Å². The van der Waals surface area contributed by atoms with E-state index in [0.717, 1.165) is 3.58 Å². The number of hydrogen-bond acceptors (Lipinski definition) is 6. The molecule has 1 aliphatic rings. The lowest BCUT2D eigenvalue weighted by Gasteiger charge is -2.15. The Labute approximate surface area is 143 Å². The Balaban J connectivity index is 1.87. The maximum atomic E-state index is 11.8. The van der Waals surface area contributed by atoms with E-state index in [1.165, 1.54) is 6.33 Å². The van der Waals surface area contributed by atoms with E-state index in [1.54, 1.807) is 4.57 Å². The maximum absolute atomic E-state index is 11.8. The fraction of sp³-hybridized carbons (Fsp3) is 0.364. The van der Waals surface area contributed by atoms with E-state index >= 15 is 0 Å². The topological polar surface area (TPSA) is 156 Å². The van der Waals surface area contributed by atoms with Gasteiger partial charge in [-0.2, -0.15) is 4.98 Å². The molecule has 2 aromatic rings. The Morgan fingerprint density at radius 1 is 1.57 bits per heavy atom. The van der Waals surface area contributed by atoms with Gasteiger partial charge in [0.2, 0.25) is 5.95 Å². The Kier molecular flexibility index (Phi) is 4.31. The van der Waals surface area contributed by atoms with Crippen molar-refractivity contribution in [3.63, 3.8) is 0 Å². The van der Waals surface area contributed by atoms with Gasteiger partial charge >= 0.3 is 7.60 Å². The average molecular weight is 453 g/mol. The van der Waals surface area contributed by atoms with Crippen LogP contribution in [-0.4, -0.2) is 41.8 Å². The zero-order chi connectivity index (χ0) is 16.8. The highest BCUT2D eigenvalue weighted by molar-refractivity contribution is 14.1. The molecule has 0 unspecified atom stereocenters. The second-order valence-corrected chi connectivity index (χ2v) is 7.91. The van der Waals surface area contributed by atoms with Crippen molar-refractivity contribution < 1.29 is 19.1 Å². The minimum absolute atomic E-state index is 0.00442. The number of anilines is 1. The molecule has 2 atom stereocenters. The first-order chi connectivity index (χ1) is 10.7. The van der Waals surface area contributed by atoms with Crippen LogP contribution >= 0.6 is 30.2 Å². The molecule has 5 N–H and O–H groups in total. The van der Waals surface area contributed by atoms with E-state index in [0.29, 0.717) is 12.1 Å². The lowest BCUT2D eigenvalue weighted by Crippen LogP contribution is -2.15. The molecule has 1 aliphatic carbocycles. The van der Waals surface area contributed by atoms with E-state index in [-0.39, 0.29) is 17.5 Å². The monoisotopic (exact) mass is 453 g/mol. The van der Waals surface area contributed by atoms with Gasteiger partial charge in [-0.25, -0.2) is 4.98 Å². The van der Waals surface area contributed by atoms with Gasteiger partial charge in [0.1, 0.15) is 6.35 Å². The molecule has 10 nitrogen and oxygen atoms in total. The normalized spacial score (nSPS) is 21.8. The minimum Gasteiger partial charge on any atom is -0.369 e. The molecule has 0 radical (unpaired) electrons. The summed E-state index contributed by atoms with van der Waals surface area (Å²) in [6.07, 6.45) is 2.76. The fourth-order valence-electron chi connectivity index (χ4n) is 2.41. The predicted molar refractivity (Wildman–Crippen MR) is 90.1 cm³/mol. The van der Waals surface area contributed by atoms with Crippen molar-refractivity contribution >= 4 is 47.3 Å². The van der Waals surface area contributed by atoms with Crippen molar-refractivity contribution in [2.45, 2.75) is 18.6 Å². The van der Waals surface area contributed by atoms with Gasteiger partial charge in [-0.1, -0.05) is 0 Å². The highest BCUT2D eigenvalue weighted by atomic mass is 127. The van der Waals surface area contributed by atoms with Crippen LogP contribution in [0, 0.1) is 0 Å². The first kappa shape index (κ1) is 16.6. The summed E-state index contributed by atoms with van der Waals surface area (Å²) in [6, 6.07) is -0.192. The SMILES string of the molecule is Nc1nc2c(ncn2[C@H]2C=C(I)[C@@H](OCP(=O)(O)O)C2)c(=O)[nH]1. The number of halogens is 1. The molecule has 0 aliphatic heterocycles. The second-order valence-electron chi connectivity index (χ2n) is 5.08. The zero-order valence-electron chi connectivity index (χ0n) is 11.6. The summed E-state index contributed by atoms with van der Waals surface area (Å²) >= 11 is 2.06. The van der Waals surface area contributed by atoms with E-state index in [2.05, 4.69) is 37.5 Å². The number of rotatable bonds is 4. The van der Waals surface area contributed by atoms with Crippen LogP contribution in [0.4, 0.5) is 5.95 Å². The standard InChI is InChI=1S/C11H13IN5O5P/c12-6-1-5(2-7(6)22-4-23(19,20)21)17-3-14-8-9(17)15-11(13)16-10(8)18/h1,3,5,7H,2,4H2,(H2,19,20,21)(H3,13,15,16,18)/t5-,7-/m0/s1. The zero-order valence-corrected chi connectivity index (χ0v) is 14.6. The van der Waals surface area contributed by atoms with Crippen molar-refractivity contribution in [1.29, 1.82) is 0 Å². The van der Waals surface area contributed by atoms with Gasteiger partial charge in [-0.05, 0) is 28.7 Å². The number of nitrogens with zero attached hydrogens (tertiary/aromatic N) is 3. The van der Waals surface area contributed by atoms with Crippen LogP contribution in [0.1, 0.15) is 12.5 Å². The van der Waals surface area contributed by atoms with Gasteiger partial charge in [-0.3, -0.25) is 14.3 Å². The molecular weight excluding hydrogens is 440 g/mol. The molecule has 0 bridgehead atoms. The van der Waals surface area contributed by atoms with E-state index in [9.17, 15) is 9.36 Å². The molecule has 0 saturated heterocycles. The largest absolute Gasteiger partial charge is 0.369 e. The third kappa shape index (κ3) is 3.48. The molecule has 12 heteroatoms. The van der Waals surface area contributed by atoms with Gasteiger partial charge in [0.15, 0.2) is 11.2 Å². The first-order valence-corrected chi connectivity index (χ1v) is 9.38. The Hall–Kier alpha value is -1.27. The molecule has 124 valence electrons. The molecule has 0 amide bonds. The molecule has 0 saturated carbocycles. The molecule has 2 heterocycles. The van der Waals surface area contributed by atoms with Crippen molar-refractivity contribution in [2.75, 3.05) is 12.1 Å². The number of aromatic amines is 1. The van der Waals surface area contributed by atoms with Crippen LogP contribution in [-0.2, 0) is 9.30 Å². The molecule has 23 heavy (non-hydrogen) atoms. The summed E-state index contributed by atoms with van der Waals surface area (Å²) in [5.74, 6) is -0.00442. The van der Waals surface area contributed by atoms with Crippen molar-refractivity contribution in [2.24, 2.45) is 0 Å². The minimum atomic E-state index is -4.22. The van der Waals surface area contributed by atoms with Gasteiger partial charge < -0.3 is 24.8 Å². The number of nitrogens with two attached hydrogens (primary N) is 1. The summed E-state index contributed by atoms with van der Waals surface area (Å²) in [5, 5.41) is 0. The lowest BCUT2D eigenvalue weighted by atomic mass is 10.2. The number of hydrogen-bond donors (Lipinski definition) is 4. The van der Waals surface area contributed by atoms with Gasteiger partial charge in [0, 0.05) is 10.0 Å². The third-order valence-electron chi connectivity index (χ3n) is 3.37. The molecule has 0 fully saturated rings. The van der Waals surface area contributed by atoms with Crippen molar-refractivity contribution in [3.8, 4) is 0 Å². The summed E-state index contributed by atoms with van der Waals surface area (Å²) in [7, 11) is -4.22. The highest BCUT2D eigenvalue weighted by Crippen LogP contribution is 2.40. The Morgan fingerprint density at radius 2 is 2.30 bits per heavy atom. The van der Waals surface area contributed by atoms with Crippen LogP contribution in [0.3, 0.4) is 0 Å². The number of H-pyrrole nitrogens is 1. The lowest BCUT2D eigenvalue weighted by molar-refractivity contribution is 0.101. The number of aromatic nitrogens is 4. The van der Waals surface area contributed by atoms with Crippen LogP contribution in [0.5, 0.6) is 0 Å². The summed E-state index contributed by atoms with van der Waals surface area (Å²) in [6.45, 7) is 0. The molecule has 0 spiro atoms. The summed E-state index contributed by atoms with van der Waals surface area (Å²) < 4.78 is 18.7.